The Morgan fingerprint density at radius 3 is 2.07 bits per heavy atom. The number of nitrogens with one attached hydrogen (secondary N) is 1. The first-order valence-corrected chi connectivity index (χ1v) is 11.0. The number of anilines is 1. The van der Waals surface area contributed by atoms with Crippen molar-refractivity contribution in [1.82, 2.24) is 4.31 Å². The number of nitrogens with zero attached hydrogens (tertiary/aromatic N) is 1. The molecule has 0 heterocycles. The number of hydrogen-bond acceptors (Lipinski definition) is 4. The number of hydrogen-bond donors (Lipinski definition) is 1. The first kappa shape index (κ1) is 21.5. The van der Waals surface area contributed by atoms with E-state index >= 15 is 0 Å². The van der Waals surface area contributed by atoms with Crippen LogP contribution in [-0.2, 0) is 14.8 Å². The molecule has 3 aromatic carbocycles. The van der Waals surface area contributed by atoms with E-state index in [1.807, 2.05) is 30.3 Å². The number of amides is 1. The van der Waals surface area contributed by atoms with Crippen molar-refractivity contribution in [2.45, 2.75) is 17.7 Å². The van der Waals surface area contributed by atoms with E-state index in [2.05, 4.69) is 5.32 Å². The zero-order valence-electron chi connectivity index (χ0n) is 16.7. The maximum Gasteiger partial charge on any atom is 0.242 e. The molecule has 6 nitrogen and oxygen atoms in total. The van der Waals surface area contributed by atoms with Gasteiger partial charge in [-0.05, 0) is 55.0 Å². The van der Waals surface area contributed by atoms with Gasteiger partial charge in [-0.25, -0.2) is 12.7 Å². The monoisotopic (exact) mass is 424 g/mol. The first-order valence-electron chi connectivity index (χ1n) is 9.59. The second-order valence-electron chi connectivity index (χ2n) is 6.73. The number of benzene rings is 3. The molecular weight excluding hydrogens is 400 g/mol. The largest absolute Gasteiger partial charge is 0.457 e. The average molecular weight is 425 g/mol. The number of sulfonamides is 1. The van der Waals surface area contributed by atoms with Crippen molar-refractivity contribution < 1.29 is 17.9 Å². The third-order valence-corrected chi connectivity index (χ3v) is 6.32. The lowest BCUT2D eigenvalue weighted by atomic mass is 10.2. The third-order valence-electron chi connectivity index (χ3n) is 4.45. The van der Waals surface area contributed by atoms with Crippen molar-refractivity contribution in [2.75, 3.05) is 18.9 Å². The number of para-hydroxylation sites is 1. The van der Waals surface area contributed by atoms with E-state index < -0.39 is 10.0 Å². The molecule has 0 radical (unpaired) electrons. The molecule has 0 aliphatic heterocycles. The summed E-state index contributed by atoms with van der Waals surface area (Å²) >= 11 is 0. The van der Waals surface area contributed by atoms with E-state index in [0.717, 1.165) is 5.75 Å². The fourth-order valence-corrected chi connectivity index (χ4v) is 4.04. The zero-order valence-corrected chi connectivity index (χ0v) is 17.5. The van der Waals surface area contributed by atoms with Crippen LogP contribution in [0, 0.1) is 0 Å². The maximum atomic E-state index is 12.5. The van der Waals surface area contributed by atoms with Gasteiger partial charge in [0.1, 0.15) is 11.5 Å². The predicted octanol–water partition coefficient (Wildman–Crippen LogP) is 4.52. The third kappa shape index (κ3) is 5.92. The zero-order chi connectivity index (χ0) is 21.4. The molecule has 30 heavy (non-hydrogen) atoms. The summed E-state index contributed by atoms with van der Waals surface area (Å²) in [5.41, 5.74) is 0.658. The van der Waals surface area contributed by atoms with Crippen molar-refractivity contribution >= 4 is 21.6 Å². The normalized spacial score (nSPS) is 11.3. The molecule has 0 saturated heterocycles. The van der Waals surface area contributed by atoms with Crippen LogP contribution in [0.15, 0.2) is 89.8 Å². The fourth-order valence-electron chi connectivity index (χ4n) is 2.81. The highest BCUT2D eigenvalue weighted by molar-refractivity contribution is 7.89. The molecule has 0 atom stereocenters. The summed E-state index contributed by atoms with van der Waals surface area (Å²) in [4.78, 5) is 12.4. The minimum absolute atomic E-state index is 0.169. The molecule has 0 saturated carbocycles. The Hall–Kier alpha value is -3.16. The summed E-state index contributed by atoms with van der Waals surface area (Å²) in [6, 6.07) is 24.8. The van der Waals surface area contributed by atoms with E-state index in [1.165, 1.54) is 11.4 Å². The fraction of sp³-hybridized carbons (Fsp3) is 0.174. The topological polar surface area (TPSA) is 75.7 Å². The van der Waals surface area contributed by atoms with Crippen LogP contribution in [0.3, 0.4) is 0 Å². The summed E-state index contributed by atoms with van der Waals surface area (Å²) < 4.78 is 31.9. The lowest BCUT2D eigenvalue weighted by molar-refractivity contribution is -0.116. The molecule has 1 amide bonds. The molecular formula is C23H24N2O4S. The molecule has 0 unspecified atom stereocenters. The van der Waals surface area contributed by atoms with Crippen molar-refractivity contribution in [3.8, 4) is 11.5 Å². The van der Waals surface area contributed by atoms with E-state index in [-0.39, 0.29) is 23.8 Å². The molecule has 156 valence electrons. The molecule has 0 spiro atoms. The van der Waals surface area contributed by atoms with Gasteiger partial charge in [-0.15, -0.1) is 0 Å². The highest BCUT2D eigenvalue weighted by atomic mass is 32.2. The molecule has 0 aliphatic carbocycles. The van der Waals surface area contributed by atoms with Crippen LogP contribution in [0.2, 0.25) is 0 Å². The Morgan fingerprint density at radius 1 is 0.867 bits per heavy atom. The Morgan fingerprint density at radius 2 is 1.43 bits per heavy atom. The summed E-state index contributed by atoms with van der Waals surface area (Å²) in [5.74, 6) is 1.24. The van der Waals surface area contributed by atoms with Crippen LogP contribution in [0.25, 0.3) is 0 Å². The smallest absolute Gasteiger partial charge is 0.242 e. The molecule has 1 N–H and O–H groups in total. The van der Waals surface area contributed by atoms with Gasteiger partial charge in [0, 0.05) is 25.7 Å². The van der Waals surface area contributed by atoms with E-state index in [9.17, 15) is 13.2 Å². The lowest BCUT2D eigenvalue weighted by Gasteiger charge is -2.17. The van der Waals surface area contributed by atoms with Crippen molar-refractivity contribution in [3.63, 3.8) is 0 Å². The Balaban J connectivity index is 1.45. The highest BCUT2D eigenvalue weighted by Gasteiger charge is 2.20. The van der Waals surface area contributed by atoms with Gasteiger partial charge < -0.3 is 10.1 Å². The molecule has 0 bridgehead atoms. The lowest BCUT2D eigenvalue weighted by Crippen LogP contribution is -2.28. The van der Waals surface area contributed by atoms with Crippen molar-refractivity contribution in [1.29, 1.82) is 0 Å². The molecule has 7 heteroatoms. The standard InChI is InChI=1S/C23H24N2O4S/c1-25(30(27,28)22-11-6-3-7-12-22)18-8-13-23(26)24-19-14-16-21(17-15-19)29-20-9-4-2-5-10-20/h2-7,9-12,14-17H,8,13,18H2,1H3,(H,24,26). The van der Waals surface area contributed by atoms with Gasteiger partial charge in [0.25, 0.3) is 0 Å². The maximum absolute atomic E-state index is 12.5. The average Bonchev–Trinajstić information content (AvgIpc) is 2.76. The van der Waals surface area contributed by atoms with Crippen LogP contribution in [0.1, 0.15) is 12.8 Å². The van der Waals surface area contributed by atoms with Crippen LogP contribution < -0.4 is 10.1 Å². The van der Waals surface area contributed by atoms with Gasteiger partial charge >= 0.3 is 0 Å². The van der Waals surface area contributed by atoms with Gasteiger partial charge in [-0.3, -0.25) is 4.79 Å². The summed E-state index contributed by atoms with van der Waals surface area (Å²) in [6.07, 6.45) is 0.639. The van der Waals surface area contributed by atoms with Gasteiger partial charge in [0.2, 0.25) is 15.9 Å². The number of carbonyl (C=O) groups excluding carboxylic acids is 1. The van der Waals surface area contributed by atoms with E-state index in [4.69, 9.17) is 4.74 Å². The number of ether oxygens (including phenoxy) is 1. The summed E-state index contributed by atoms with van der Waals surface area (Å²) in [6.45, 7) is 0.258. The van der Waals surface area contributed by atoms with Crippen molar-refractivity contribution in [3.05, 3.63) is 84.9 Å². The summed E-state index contributed by atoms with van der Waals surface area (Å²) in [5, 5.41) is 2.81. The van der Waals surface area contributed by atoms with Gasteiger partial charge in [-0.2, -0.15) is 0 Å². The molecule has 0 fully saturated rings. The number of rotatable bonds is 9. The van der Waals surface area contributed by atoms with Crippen LogP contribution >= 0.6 is 0 Å². The highest BCUT2D eigenvalue weighted by Crippen LogP contribution is 2.22. The first-order chi connectivity index (χ1) is 14.4. The molecule has 3 aromatic rings. The van der Waals surface area contributed by atoms with Crippen LogP contribution in [-0.4, -0.2) is 32.2 Å². The van der Waals surface area contributed by atoms with E-state index in [1.54, 1.807) is 54.6 Å². The van der Waals surface area contributed by atoms with Crippen LogP contribution in [0.4, 0.5) is 5.69 Å². The summed E-state index contributed by atoms with van der Waals surface area (Å²) in [7, 11) is -2.02. The van der Waals surface area contributed by atoms with Gasteiger partial charge in [-0.1, -0.05) is 36.4 Å². The second-order valence-corrected chi connectivity index (χ2v) is 8.78. The Kier molecular flexibility index (Phi) is 7.21. The van der Waals surface area contributed by atoms with Gasteiger partial charge in [0.15, 0.2) is 0 Å². The predicted molar refractivity (Wildman–Crippen MR) is 117 cm³/mol. The van der Waals surface area contributed by atoms with E-state index in [0.29, 0.717) is 17.9 Å². The van der Waals surface area contributed by atoms with Crippen molar-refractivity contribution in [2.24, 2.45) is 0 Å². The SMILES string of the molecule is CN(CCCC(=O)Nc1ccc(Oc2ccccc2)cc1)S(=O)(=O)c1ccccc1. The molecule has 3 rings (SSSR count). The minimum Gasteiger partial charge on any atom is -0.457 e. The molecule has 0 aliphatic rings. The Bertz CT molecular complexity index is 1050. The minimum atomic E-state index is -3.54. The second kappa shape index (κ2) is 10.0. The molecule has 0 aromatic heterocycles. The quantitative estimate of drug-likeness (QED) is 0.548. The Labute approximate surface area is 177 Å². The van der Waals surface area contributed by atoms with Crippen LogP contribution in [0.5, 0.6) is 11.5 Å². The van der Waals surface area contributed by atoms with Gasteiger partial charge in [0.05, 0.1) is 4.90 Å². The number of carbonyl (C=O) groups is 1.